The van der Waals surface area contributed by atoms with E-state index in [9.17, 15) is 9.90 Å². The van der Waals surface area contributed by atoms with Crippen LogP contribution in [0.3, 0.4) is 0 Å². The first-order valence-electron chi connectivity index (χ1n) is 10.3. The van der Waals surface area contributed by atoms with Crippen LogP contribution in [-0.4, -0.2) is 35.3 Å². The summed E-state index contributed by atoms with van der Waals surface area (Å²) in [6.45, 7) is 4.51. The van der Waals surface area contributed by atoms with Gasteiger partial charge in [0.15, 0.2) is 0 Å². The Kier molecular flexibility index (Phi) is 7.16. The van der Waals surface area contributed by atoms with E-state index in [1.807, 2.05) is 18.2 Å². The monoisotopic (exact) mass is 488 g/mol. The molecule has 0 bridgehead atoms. The second-order valence-corrected chi connectivity index (χ2v) is 9.36. The highest BCUT2D eigenvalue weighted by atomic mass is 35.5. The Labute approximate surface area is 200 Å². The van der Waals surface area contributed by atoms with Crippen LogP contribution in [0.1, 0.15) is 38.8 Å². The van der Waals surface area contributed by atoms with Crippen LogP contribution in [0.4, 0.5) is 5.00 Å². The molecule has 0 saturated heterocycles. The average Bonchev–Trinajstić information content (AvgIpc) is 3.13. The minimum Gasteiger partial charge on any atom is -0.506 e. The number of fused-ring (bicyclic) bond motifs is 1. The topological polar surface area (TPSA) is 62.1 Å². The van der Waals surface area contributed by atoms with E-state index in [0.29, 0.717) is 21.2 Å². The zero-order valence-electron chi connectivity index (χ0n) is 17.5. The Morgan fingerprint density at radius 2 is 2.06 bits per heavy atom. The smallest absolute Gasteiger partial charge is 0.341 e. The van der Waals surface area contributed by atoms with Crippen LogP contribution in [0.5, 0.6) is 5.75 Å². The molecule has 0 radical (unpaired) electrons. The van der Waals surface area contributed by atoms with Gasteiger partial charge in [0.2, 0.25) is 0 Å². The quantitative estimate of drug-likeness (QED) is 0.329. The van der Waals surface area contributed by atoms with Gasteiger partial charge in [-0.3, -0.25) is 4.90 Å². The molecule has 2 heterocycles. The van der Waals surface area contributed by atoms with Crippen LogP contribution in [0.2, 0.25) is 10.0 Å². The number of carbonyl (C=O) groups is 1. The molecule has 0 unspecified atom stereocenters. The summed E-state index contributed by atoms with van der Waals surface area (Å²) < 4.78 is 5.32. The number of carbonyl (C=O) groups excluding carboxylic acids is 1. The fourth-order valence-corrected chi connectivity index (χ4v) is 5.47. The van der Waals surface area contributed by atoms with Gasteiger partial charge in [0.05, 0.1) is 17.2 Å². The normalized spacial score (nSPS) is 14.0. The number of benzene rings is 2. The van der Waals surface area contributed by atoms with Crippen molar-refractivity contribution >= 4 is 51.7 Å². The number of ether oxygens (including phenoxy) is 1. The molecule has 0 atom stereocenters. The van der Waals surface area contributed by atoms with Crippen molar-refractivity contribution in [3.8, 4) is 5.75 Å². The summed E-state index contributed by atoms with van der Waals surface area (Å²) in [5.41, 5.74) is 3.15. The lowest BCUT2D eigenvalue weighted by Crippen LogP contribution is -2.29. The number of hydrogen-bond acceptors (Lipinski definition) is 6. The summed E-state index contributed by atoms with van der Waals surface area (Å²) in [5, 5.41) is 11.3. The highest BCUT2D eigenvalue weighted by molar-refractivity contribution is 7.16. The minimum atomic E-state index is -0.373. The number of phenols is 1. The number of aromatic hydroxyl groups is 1. The van der Waals surface area contributed by atoms with Crippen LogP contribution in [0, 0.1) is 0 Å². The van der Waals surface area contributed by atoms with Gasteiger partial charge in [-0.2, -0.15) is 0 Å². The van der Waals surface area contributed by atoms with Gasteiger partial charge in [0, 0.05) is 41.3 Å². The summed E-state index contributed by atoms with van der Waals surface area (Å²) in [4.78, 5) is 20.8. The minimum absolute atomic E-state index is 0.104. The molecule has 0 spiro atoms. The molecule has 1 aliphatic heterocycles. The lowest BCUT2D eigenvalue weighted by molar-refractivity contribution is 0.0526. The van der Waals surface area contributed by atoms with Crippen LogP contribution in [0.15, 0.2) is 47.5 Å². The molecule has 166 valence electrons. The predicted octanol–water partition coefficient (Wildman–Crippen LogP) is 6.25. The maximum Gasteiger partial charge on any atom is 0.341 e. The van der Waals surface area contributed by atoms with Crippen molar-refractivity contribution in [3.05, 3.63) is 79.6 Å². The second-order valence-electron chi connectivity index (χ2n) is 7.43. The molecule has 8 heteroatoms. The van der Waals surface area contributed by atoms with Crippen molar-refractivity contribution < 1.29 is 14.6 Å². The molecular formula is C24H22Cl2N2O3S. The maximum atomic E-state index is 12.8. The largest absolute Gasteiger partial charge is 0.506 e. The number of phenolic OH excluding ortho intramolecular Hbond substituents is 1. The van der Waals surface area contributed by atoms with E-state index in [-0.39, 0.29) is 23.3 Å². The maximum absolute atomic E-state index is 12.8. The average molecular weight is 489 g/mol. The molecule has 0 aliphatic carbocycles. The molecule has 5 nitrogen and oxygen atoms in total. The molecule has 0 fully saturated rings. The van der Waals surface area contributed by atoms with Gasteiger partial charge in [-0.05, 0) is 36.6 Å². The van der Waals surface area contributed by atoms with Crippen molar-refractivity contribution in [2.75, 3.05) is 13.2 Å². The molecule has 2 aromatic carbocycles. The van der Waals surface area contributed by atoms with Gasteiger partial charge in [-0.1, -0.05) is 53.5 Å². The Balaban J connectivity index is 1.65. The number of halogens is 2. The Morgan fingerprint density at radius 3 is 2.81 bits per heavy atom. The summed E-state index contributed by atoms with van der Waals surface area (Å²) >= 11 is 13.5. The molecule has 1 aliphatic rings. The molecular weight excluding hydrogens is 467 g/mol. The van der Waals surface area contributed by atoms with Gasteiger partial charge >= 0.3 is 5.97 Å². The van der Waals surface area contributed by atoms with E-state index < -0.39 is 0 Å². The predicted molar refractivity (Wildman–Crippen MR) is 130 cm³/mol. The van der Waals surface area contributed by atoms with Gasteiger partial charge < -0.3 is 9.84 Å². The Bertz CT molecular complexity index is 1160. The van der Waals surface area contributed by atoms with Crippen molar-refractivity contribution in [1.82, 2.24) is 4.90 Å². The van der Waals surface area contributed by atoms with Crippen LogP contribution < -0.4 is 0 Å². The van der Waals surface area contributed by atoms with Crippen molar-refractivity contribution in [2.24, 2.45) is 4.99 Å². The molecule has 4 rings (SSSR count). The number of rotatable bonds is 6. The molecule has 0 saturated carbocycles. The van der Waals surface area contributed by atoms with Crippen LogP contribution in [0.25, 0.3) is 0 Å². The first kappa shape index (κ1) is 22.8. The van der Waals surface area contributed by atoms with E-state index >= 15 is 0 Å². The van der Waals surface area contributed by atoms with E-state index in [1.54, 1.807) is 13.0 Å². The lowest BCUT2D eigenvalue weighted by Gasteiger charge is -2.27. The third-order valence-electron chi connectivity index (χ3n) is 5.22. The highest BCUT2D eigenvalue weighted by Crippen LogP contribution is 2.40. The zero-order chi connectivity index (χ0) is 22.7. The second kappa shape index (κ2) is 10.0. The summed E-state index contributed by atoms with van der Waals surface area (Å²) in [6, 6.07) is 13.4. The van der Waals surface area contributed by atoms with Crippen molar-refractivity contribution in [2.45, 2.75) is 26.4 Å². The number of hydrogen-bond donors (Lipinski definition) is 1. The third-order valence-corrected chi connectivity index (χ3v) is 6.86. The van der Waals surface area contributed by atoms with Gasteiger partial charge in [0.1, 0.15) is 10.8 Å². The van der Waals surface area contributed by atoms with Crippen molar-refractivity contribution in [3.63, 3.8) is 0 Å². The van der Waals surface area contributed by atoms with Crippen molar-refractivity contribution in [1.29, 1.82) is 0 Å². The first-order chi connectivity index (χ1) is 15.5. The van der Waals surface area contributed by atoms with Crippen LogP contribution in [-0.2, 0) is 24.2 Å². The number of esters is 1. The molecule has 1 aromatic heterocycles. The molecule has 0 amide bonds. The third kappa shape index (κ3) is 4.99. The Morgan fingerprint density at radius 1 is 1.28 bits per heavy atom. The summed E-state index contributed by atoms with van der Waals surface area (Å²) in [7, 11) is 0. The van der Waals surface area contributed by atoms with Crippen LogP contribution >= 0.6 is 34.5 Å². The number of nitrogens with zero attached hydrogens (tertiary/aromatic N) is 2. The van der Waals surface area contributed by atoms with Gasteiger partial charge in [-0.15, -0.1) is 11.3 Å². The fourth-order valence-electron chi connectivity index (χ4n) is 3.74. The summed E-state index contributed by atoms with van der Waals surface area (Å²) in [6.07, 6.45) is 2.23. The SMILES string of the molecule is CCOC(=O)c1c(N=Cc2cc(Cl)cc(Cl)c2O)sc2c1CCN(Cc1ccccc1)C2. The van der Waals surface area contributed by atoms with E-state index in [2.05, 4.69) is 22.0 Å². The zero-order valence-corrected chi connectivity index (χ0v) is 19.8. The first-order valence-corrected chi connectivity index (χ1v) is 11.8. The Hall–Kier alpha value is -2.38. The highest BCUT2D eigenvalue weighted by Gasteiger charge is 2.28. The lowest BCUT2D eigenvalue weighted by atomic mass is 10.0. The van der Waals surface area contributed by atoms with Gasteiger partial charge in [0.25, 0.3) is 0 Å². The summed E-state index contributed by atoms with van der Waals surface area (Å²) in [5.74, 6) is -0.477. The van der Waals surface area contributed by atoms with E-state index in [1.165, 1.54) is 29.2 Å². The van der Waals surface area contributed by atoms with E-state index in [4.69, 9.17) is 27.9 Å². The fraction of sp³-hybridized carbons (Fsp3) is 0.250. The van der Waals surface area contributed by atoms with Gasteiger partial charge in [-0.25, -0.2) is 9.79 Å². The number of aliphatic imine (C=N–C) groups is 1. The van der Waals surface area contributed by atoms with E-state index in [0.717, 1.165) is 36.5 Å². The molecule has 1 N–H and O–H groups in total. The number of thiophene rings is 1. The standard InChI is InChI=1S/C24H22Cl2N2O3S/c1-2-31-24(30)21-18-8-9-28(13-15-6-4-3-5-7-15)14-20(18)32-23(21)27-12-16-10-17(25)11-19(26)22(16)29/h3-7,10-12,29H,2,8-9,13-14H2,1H3. The molecule has 3 aromatic rings. The molecule has 32 heavy (non-hydrogen) atoms.